The number of hydrogen-bond donors (Lipinski definition) is 1. The molecule has 18 heavy (non-hydrogen) atoms. The molecular weight excluding hydrogens is 252 g/mol. The minimum atomic E-state index is -0.380. The van der Waals surface area contributed by atoms with E-state index < -0.39 is 0 Å². The molecule has 2 aromatic carbocycles. The largest absolute Gasteiger partial charge is 0.324 e. The highest BCUT2D eigenvalue weighted by molar-refractivity contribution is 7.99. The van der Waals surface area contributed by atoms with E-state index in [1.165, 1.54) is 30.0 Å². The average Bonchev–Trinajstić information content (AvgIpc) is 2.32. The molecule has 0 aliphatic carbocycles. The lowest BCUT2D eigenvalue weighted by atomic mass is 10.1. The molecule has 1 nitrogen and oxygen atoms in total. The highest BCUT2D eigenvalue weighted by Crippen LogP contribution is 2.34. The van der Waals surface area contributed by atoms with Crippen LogP contribution in [0.4, 0.5) is 8.78 Å². The van der Waals surface area contributed by atoms with E-state index in [-0.39, 0.29) is 17.7 Å². The van der Waals surface area contributed by atoms with Crippen molar-refractivity contribution in [2.24, 2.45) is 5.73 Å². The second-order valence-corrected chi connectivity index (χ2v) is 5.11. The third-order valence-corrected chi connectivity index (χ3v) is 3.59. The van der Waals surface area contributed by atoms with Crippen LogP contribution in [0.15, 0.2) is 52.3 Å². The van der Waals surface area contributed by atoms with Crippen LogP contribution in [0.3, 0.4) is 0 Å². The van der Waals surface area contributed by atoms with E-state index >= 15 is 0 Å². The van der Waals surface area contributed by atoms with Gasteiger partial charge in [0.25, 0.3) is 0 Å². The molecule has 2 rings (SSSR count). The third-order valence-electron chi connectivity index (χ3n) is 2.51. The summed E-state index contributed by atoms with van der Waals surface area (Å²) in [7, 11) is 0. The maximum absolute atomic E-state index is 13.7. The van der Waals surface area contributed by atoms with Crippen molar-refractivity contribution >= 4 is 11.8 Å². The Hall–Kier alpha value is -1.39. The fraction of sp³-hybridized carbons (Fsp3) is 0.143. The van der Waals surface area contributed by atoms with Gasteiger partial charge in [0.2, 0.25) is 0 Å². The molecule has 2 N–H and O–H groups in total. The Morgan fingerprint density at radius 1 is 1.06 bits per heavy atom. The fourth-order valence-corrected chi connectivity index (χ4v) is 2.74. The molecule has 0 heterocycles. The molecule has 0 spiro atoms. The normalized spacial score (nSPS) is 12.4. The van der Waals surface area contributed by atoms with E-state index in [1.54, 1.807) is 25.1 Å². The Labute approximate surface area is 109 Å². The van der Waals surface area contributed by atoms with Crippen LogP contribution in [0, 0.1) is 11.6 Å². The number of nitrogens with two attached hydrogens (primary N) is 1. The topological polar surface area (TPSA) is 26.0 Å². The quantitative estimate of drug-likeness (QED) is 0.902. The highest BCUT2D eigenvalue weighted by atomic mass is 32.2. The van der Waals surface area contributed by atoms with Crippen LogP contribution in [-0.4, -0.2) is 0 Å². The van der Waals surface area contributed by atoms with Crippen LogP contribution in [0.2, 0.25) is 0 Å². The molecule has 2 aromatic rings. The molecule has 0 bridgehead atoms. The van der Waals surface area contributed by atoms with Crippen molar-refractivity contribution in [1.82, 2.24) is 0 Å². The number of halogens is 2. The monoisotopic (exact) mass is 265 g/mol. The van der Waals surface area contributed by atoms with Gasteiger partial charge in [-0.25, -0.2) is 8.78 Å². The van der Waals surface area contributed by atoms with Crippen molar-refractivity contribution in [3.8, 4) is 0 Å². The smallest absolute Gasteiger partial charge is 0.129 e. The molecule has 1 atom stereocenters. The highest BCUT2D eigenvalue weighted by Gasteiger charge is 2.13. The van der Waals surface area contributed by atoms with Gasteiger partial charge in [-0.1, -0.05) is 17.8 Å². The van der Waals surface area contributed by atoms with Gasteiger partial charge in [0.15, 0.2) is 0 Å². The van der Waals surface area contributed by atoms with Crippen molar-refractivity contribution < 1.29 is 8.78 Å². The first-order valence-electron chi connectivity index (χ1n) is 5.55. The zero-order valence-electron chi connectivity index (χ0n) is 9.86. The van der Waals surface area contributed by atoms with Gasteiger partial charge in [0.1, 0.15) is 11.6 Å². The summed E-state index contributed by atoms with van der Waals surface area (Å²) in [5.74, 6) is -0.594. The van der Waals surface area contributed by atoms with Gasteiger partial charge in [0, 0.05) is 21.4 Å². The molecule has 0 radical (unpaired) electrons. The molecule has 4 heteroatoms. The summed E-state index contributed by atoms with van der Waals surface area (Å²) in [5, 5.41) is 0. The standard InChI is InChI=1S/C14H13F2NS/c1-9(17)14-12(16)3-2-4-13(14)18-11-7-5-10(15)6-8-11/h2-9H,17H2,1H3. The zero-order chi connectivity index (χ0) is 13.1. The van der Waals surface area contributed by atoms with E-state index in [4.69, 9.17) is 5.73 Å². The first-order chi connectivity index (χ1) is 8.58. The zero-order valence-corrected chi connectivity index (χ0v) is 10.7. The minimum Gasteiger partial charge on any atom is -0.324 e. The molecule has 94 valence electrons. The van der Waals surface area contributed by atoms with Crippen LogP contribution >= 0.6 is 11.8 Å². The van der Waals surface area contributed by atoms with E-state index in [1.807, 2.05) is 6.07 Å². The Morgan fingerprint density at radius 3 is 2.33 bits per heavy atom. The Balaban J connectivity index is 2.34. The van der Waals surface area contributed by atoms with E-state index in [2.05, 4.69) is 0 Å². The van der Waals surface area contributed by atoms with Crippen LogP contribution in [0.1, 0.15) is 18.5 Å². The summed E-state index contributed by atoms with van der Waals surface area (Å²) in [5.41, 5.74) is 6.27. The fourth-order valence-electron chi connectivity index (χ4n) is 1.68. The number of benzene rings is 2. The van der Waals surface area contributed by atoms with Crippen LogP contribution in [0.25, 0.3) is 0 Å². The third kappa shape index (κ3) is 2.89. The molecule has 0 fully saturated rings. The molecule has 0 aliphatic rings. The molecule has 0 aromatic heterocycles. The lowest BCUT2D eigenvalue weighted by molar-refractivity contribution is 0.585. The molecule has 0 amide bonds. The van der Waals surface area contributed by atoms with Gasteiger partial charge in [-0.3, -0.25) is 0 Å². The predicted octanol–water partition coefficient (Wildman–Crippen LogP) is 4.14. The van der Waals surface area contributed by atoms with Gasteiger partial charge < -0.3 is 5.73 Å². The summed E-state index contributed by atoms with van der Waals surface area (Å²) in [6, 6.07) is 10.6. The average molecular weight is 265 g/mol. The predicted molar refractivity (Wildman–Crippen MR) is 69.5 cm³/mol. The maximum Gasteiger partial charge on any atom is 0.129 e. The van der Waals surface area contributed by atoms with Gasteiger partial charge >= 0.3 is 0 Å². The first kappa shape index (κ1) is 13.1. The van der Waals surface area contributed by atoms with Gasteiger partial charge in [-0.05, 0) is 43.3 Å². The summed E-state index contributed by atoms with van der Waals surface area (Å²) in [4.78, 5) is 1.61. The van der Waals surface area contributed by atoms with Crippen molar-refractivity contribution in [2.45, 2.75) is 22.8 Å². The molecular formula is C14H13F2NS. The van der Waals surface area contributed by atoms with Crippen molar-refractivity contribution in [3.05, 3.63) is 59.7 Å². The maximum atomic E-state index is 13.7. The van der Waals surface area contributed by atoms with E-state index in [0.29, 0.717) is 5.56 Å². The van der Waals surface area contributed by atoms with Gasteiger partial charge in [0.05, 0.1) is 0 Å². The molecule has 1 unspecified atom stereocenters. The number of rotatable bonds is 3. The van der Waals surface area contributed by atoms with Gasteiger partial charge in [-0.2, -0.15) is 0 Å². The summed E-state index contributed by atoms with van der Waals surface area (Å²) in [6.07, 6.45) is 0. The Kier molecular flexibility index (Phi) is 3.99. The lowest BCUT2D eigenvalue weighted by Crippen LogP contribution is -2.08. The van der Waals surface area contributed by atoms with Crippen molar-refractivity contribution in [3.63, 3.8) is 0 Å². The van der Waals surface area contributed by atoms with Gasteiger partial charge in [-0.15, -0.1) is 0 Å². The first-order valence-corrected chi connectivity index (χ1v) is 6.37. The lowest BCUT2D eigenvalue weighted by Gasteiger charge is -2.13. The number of hydrogen-bond acceptors (Lipinski definition) is 2. The summed E-state index contributed by atoms with van der Waals surface area (Å²) < 4.78 is 26.5. The van der Waals surface area contributed by atoms with Crippen LogP contribution < -0.4 is 5.73 Å². The minimum absolute atomic E-state index is 0.286. The molecule has 0 saturated heterocycles. The second kappa shape index (κ2) is 5.50. The van der Waals surface area contributed by atoms with Crippen LogP contribution in [-0.2, 0) is 0 Å². The Bertz CT molecular complexity index is 538. The SMILES string of the molecule is CC(N)c1c(F)cccc1Sc1ccc(F)cc1. The molecule has 0 aliphatic heterocycles. The van der Waals surface area contributed by atoms with E-state index in [0.717, 1.165) is 9.79 Å². The van der Waals surface area contributed by atoms with Crippen LogP contribution in [0.5, 0.6) is 0 Å². The van der Waals surface area contributed by atoms with Crippen molar-refractivity contribution in [2.75, 3.05) is 0 Å². The molecule has 0 saturated carbocycles. The van der Waals surface area contributed by atoms with Crippen molar-refractivity contribution in [1.29, 1.82) is 0 Å². The Morgan fingerprint density at radius 2 is 1.72 bits per heavy atom. The second-order valence-electron chi connectivity index (χ2n) is 4.00. The summed E-state index contributed by atoms with van der Waals surface area (Å²) in [6.45, 7) is 1.74. The van der Waals surface area contributed by atoms with E-state index in [9.17, 15) is 8.78 Å². The summed E-state index contributed by atoms with van der Waals surface area (Å²) >= 11 is 1.38.